The highest BCUT2D eigenvalue weighted by atomic mass is 16.3. The highest BCUT2D eigenvalue weighted by Gasteiger charge is 2.26. The van der Waals surface area contributed by atoms with Gasteiger partial charge in [0.2, 0.25) is 0 Å². The fourth-order valence-electron chi connectivity index (χ4n) is 7.07. The number of para-hydroxylation sites is 1. The summed E-state index contributed by atoms with van der Waals surface area (Å²) in [6.45, 7) is 0. The standard InChI is InChI=1S/C47H40O/c48-46-29-17-16-28-40(46)47-44(33-38-24-12-4-13-25-38)42(31-36-20-8-2-9-21-36)41(30-35-18-6-1-7-19-35)43(32-37-22-10-3-11-23-37)45(47)34-39-26-14-5-15-27-39/h1-29,48H,30-34H2. The lowest BCUT2D eigenvalue weighted by Gasteiger charge is -2.29. The summed E-state index contributed by atoms with van der Waals surface area (Å²) in [5.74, 6) is 0.313. The van der Waals surface area contributed by atoms with Crippen molar-refractivity contribution in [3.8, 4) is 16.9 Å². The lowest BCUT2D eigenvalue weighted by Crippen LogP contribution is -2.14. The number of phenols is 1. The van der Waals surface area contributed by atoms with Crippen LogP contribution in [0.25, 0.3) is 11.1 Å². The van der Waals surface area contributed by atoms with E-state index in [0.29, 0.717) is 5.75 Å². The monoisotopic (exact) mass is 620 g/mol. The van der Waals surface area contributed by atoms with Crippen molar-refractivity contribution in [3.63, 3.8) is 0 Å². The summed E-state index contributed by atoms with van der Waals surface area (Å²) in [5, 5.41) is 11.6. The van der Waals surface area contributed by atoms with E-state index in [0.717, 1.165) is 43.2 Å². The molecule has 1 N–H and O–H groups in total. The van der Waals surface area contributed by atoms with Crippen LogP contribution in [0.5, 0.6) is 5.75 Å². The van der Waals surface area contributed by atoms with Gasteiger partial charge in [-0.05, 0) is 99.4 Å². The van der Waals surface area contributed by atoms with Crippen molar-refractivity contribution >= 4 is 0 Å². The predicted octanol–water partition coefficient (Wildman–Crippen LogP) is 11.0. The smallest absolute Gasteiger partial charge is 0.123 e. The third-order valence-corrected chi connectivity index (χ3v) is 9.35. The van der Waals surface area contributed by atoms with Crippen molar-refractivity contribution in [3.05, 3.63) is 232 Å². The summed E-state index contributed by atoms with van der Waals surface area (Å²) >= 11 is 0. The zero-order valence-corrected chi connectivity index (χ0v) is 27.2. The van der Waals surface area contributed by atoms with Gasteiger partial charge in [-0.15, -0.1) is 0 Å². The highest BCUT2D eigenvalue weighted by molar-refractivity contribution is 5.81. The molecule has 0 saturated heterocycles. The Labute approximate surface area is 284 Å². The Morgan fingerprint density at radius 3 is 0.833 bits per heavy atom. The van der Waals surface area contributed by atoms with Crippen molar-refractivity contribution in [1.29, 1.82) is 0 Å². The average Bonchev–Trinajstić information content (AvgIpc) is 3.14. The molecule has 0 saturated carbocycles. The predicted molar refractivity (Wildman–Crippen MR) is 200 cm³/mol. The molecule has 1 nitrogen and oxygen atoms in total. The fraction of sp³-hybridized carbons (Fsp3) is 0.106. The van der Waals surface area contributed by atoms with Crippen LogP contribution in [0.2, 0.25) is 0 Å². The number of aromatic hydroxyl groups is 1. The van der Waals surface area contributed by atoms with Crippen LogP contribution in [-0.4, -0.2) is 5.11 Å². The molecule has 7 rings (SSSR count). The van der Waals surface area contributed by atoms with E-state index >= 15 is 0 Å². The minimum Gasteiger partial charge on any atom is -0.507 e. The van der Waals surface area contributed by atoms with Gasteiger partial charge < -0.3 is 5.11 Å². The average molecular weight is 621 g/mol. The number of phenolic OH excluding ortho intramolecular Hbond substituents is 1. The van der Waals surface area contributed by atoms with Gasteiger partial charge in [-0.1, -0.05) is 170 Å². The van der Waals surface area contributed by atoms with Crippen molar-refractivity contribution in [2.75, 3.05) is 0 Å². The Morgan fingerprint density at radius 2 is 0.521 bits per heavy atom. The van der Waals surface area contributed by atoms with Gasteiger partial charge in [0.15, 0.2) is 0 Å². The van der Waals surface area contributed by atoms with Gasteiger partial charge in [0.1, 0.15) is 5.75 Å². The van der Waals surface area contributed by atoms with Gasteiger partial charge in [0.25, 0.3) is 0 Å². The summed E-state index contributed by atoms with van der Waals surface area (Å²) in [4.78, 5) is 0. The first-order valence-corrected chi connectivity index (χ1v) is 16.9. The summed E-state index contributed by atoms with van der Waals surface area (Å²) in [6.07, 6.45) is 3.97. The molecule has 234 valence electrons. The zero-order chi connectivity index (χ0) is 32.5. The molecule has 0 amide bonds. The Morgan fingerprint density at radius 1 is 0.271 bits per heavy atom. The molecule has 0 aliphatic rings. The van der Waals surface area contributed by atoms with Crippen LogP contribution in [-0.2, 0) is 32.1 Å². The molecule has 0 aliphatic heterocycles. The van der Waals surface area contributed by atoms with Gasteiger partial charge in [-0.2, -0.15) is 0 Å². The van der Waals surface area contributed by atoms with Crippen LogP contribution in [0.1, 0.15) is 55.6 Å². The van der Waals surface area contributed by atoms with E-state index in [-0.39, 0.29) is 0 Å². The molecule has 7 aromatic carbocycles. The summed E-state index contributed by atoms with van der Waals surface area (Å²) in [6, 6.07) is 62.1. The summed E-state index contributed by atoms with van der Waals surface area (Å²) in [7, 11) is 0. The van der Waals surface area contributed by atoms with Gasteiger partial charge in [0, 0.05) is 5.56 Å². The van der Waals surface area contributed by atoms with Crippen molar-refractivity contribution in [2.45, 2.75) is 32.1 Å². The SMILES string of the molecule is Oc1ccccc1-c1c(Cc2ccccc2)c(Cc2ccccc2)c(Cc2ccccc2)c(Cc2ccccc2)c1Cc1ccccc1. The van der Waals surface area contributed by atoms with E-state index in [1.54, 1.807) is 0 Å². The Hall–Kier alpha value is -5.66. The normalized spacial score (nSPS) is 11.0. The van der Waals surface area contributed by atoms with Gasteiger partial charge in [0.05, 0.1) is 0 Å². The molecular weight excluding hydrogens is 581 g/mol. The number of hydrogen-bond acceptors (Lipinski definition) is 1. The Balaban J connectivity index is 1.61. The van der Waals surface area contributed by atoms with Crippen LogP contribution in [0.4, 0.5) is 0 Å². The molecule has 7 aromatic rings. The largest absolute Gasteiger partial charge is 0.507 e. The van der Waals surface area contributed by atoms with Crippen LogP contribution in [0.3, 0.4) is 0 Å². The molecule has 0 spiro atoms. The minimum atomic E-state index is 0.313. The third-order valence-electron chi connectivity index (χ3n) is 9.35. The van der Waals surface area contributed by atoms with Crippen LogP contribution in [0, 0.1) is 0 Å². The third kappa shape index (κ3) is 7.17. The molecule has 0 atom stereocenters. The zero-order valence-electron chi connectivity index (χ0n) is 27.2. The van der Waals surface area contributed by atoms with E-state index in [4.69, 9.17) is 0 Å². The maximum Gasteiger partial charge on any atom is 0.123 e. The van der Waals surface area contributed by atoms with E-state index < -0.39 is 0 Å². The molecule has 0 aromatic heterocycles. The van der Waals surface area contributed by atoms with Crippen LogP contribution < -0.4 is 0 Å². The van der Waals surface area contributed by atoms with Crippen molar-refractivity contribution in [2.24, 2.45) is 0 Å². The van der Waals surface area contributed by atoms with Crippen molar-refractivity contribution < 1.29 is 5.11 Å². The quantitative estimate of drug-likeness (QED) is 0.153. The van der Waals surface area contributed by atoms with E-state index in [9.17, 15) is 5.11 Å². The lowest BCUT2D eigenvalue weighted by molar-refractivity contribution is 0.477. The molecule has 48 heavy (non-hydrogen) atoms. The first-order chi connectivity index (χ1) is 23.7. The van der Waals surface area contributed by atoms with E-state index in [1.807, 2.05) is 12.1 Å². The number of benzene rings is 7. The van der Waals surface area contributed by atoms with Crippen molar-refractivity contribution in [1.82, 2.24) is 0 Å². The maximum atomic E-state index is 11.6. The van der Waals surface area contributed by atoms with Gasteiger partial charge in [-0.3, -0.25) is 0 Å². The Kier molecular flexibility index (Phi) is 9.57. The minimum absolute atomic E-state index is 0.313. The number of hydrogen-bond donors (Lipinski definition) is 1. The van der Waals surface area contributed by atoms with Gasteiger partial charge >= 0.3 is 0 Å². The molecule has 1 heteroatoms. The molecule has 0 unspecified atom stereocenters. The molecular formula is C47H40O. The summed E-state index contributed by atoms with van der Waals surface area (Å²) in [5.41, 5.74) is 15.1. The van der Waals surface area contributed by atoms with E-state index in [2.05, 4.69) is 164 Å². The second kappa shape index (κ2) is 14.8. The molecule has 0 heterocycles. The highest BCUT2D eigenvalue weighted by Crippen LogP contribution is 2.43. The Bertz CT molecular complexity index is 1960. The molecule has 0 bridgehead atoms. The second-order valence-electron chi connectivity index (χ2n) is 12.6. The summed E-state index contributed by atoms with van der Waals surface area (Å²) < 4.78 is 0. The first kappa shape index (κ1) is 31.0. The lowest BCUT2D eigenvalue weighted by atomic mass is 9.75. The van der Waals surface area contributed by atoms with Crippen LogP contribution in [0.15, 0.2) is 176 Å². The number of rotatable bonds is 11. The fourth-order valence-corrected chi connectivity index (χ4v) is 7.07. The second-order valence-corrected chi connectivity index (χ2v) is 12.6. The topological polar surface area (TPSA) is 20.2 Å². The van der Waals surface area contributed by atoms with E-state index in [1.165, 1.54) is 55.6 Å². The molecule has 0 fully saturated rings. The molecule has 0 radical (unpaired) electrons. The maximum absolute atomic E-state index is 11.6. The molecule has 0 aliphatic carbocycles. The van der Waals surface area contributed by atoms with Crippen LogP contribution >= 0.6 is 0 Å². The van der Waals surface area contributed by atoms with Gasteiger partial charge in [-0.25, -0.2) is 0 Å². The first-order valence-electron chi connectivity index (χ1n) is 16.9.